The fourth-order valence-electron chi connectivity index (χ4n) is 2.99. The zero-order chi connectivity index (χ0) is 20.6. The summed E-state index contributed by atoms with van der Waals surface area (Å²) in [7, 11) is 0. The molecule has 1 aliphatic rings. The lowest BCUT2D eigenvalue weighted by atomic mass is 9.97. The molecule has 1 amide bonds. The summed E-state index contributed by atoms with van der Waals surface area (Å²) >= 11 is 1.74. The average Bonchev–Trinajstić information content (AvgIpc) is 3.04. The molecule has 0 saturated carbocycles. The lowest BCUT2D eigenvalue weighted by Crippen LogP contribution is -2.42. The summed E-state index contributed by atoms with van der Waals surface area (Å²) in [5.74, 6) is 1.35. The zero-order valence-electron chi connectivity index (χ0n) is 18.3. The van der Waals surface area contributed by atoms with Crippen molar-refractivity contribution >= 4 is 47.4 Å². The number of ether oxygens (including phenoxy) is 1. The highest BCUT2D eigenvalue weighted by atomic mass is 127. The fraction of sp³-hybridized carbons (Fsp3) is 0.750. The minimum Gasteiger partial charge on any atom is -0.444 e. The van der Waals surface area contributed by atoms with Crippen molar-refractivity contribution in [3.63, 3.8) is 0 Å². The van der Waals surface area contributed by atoms with Gasteiger partial charge in [0.05, 0.1) is 5.01 Å². The molecule has 1 fully saturated rings. The van der Waals surface area contributed by atoms with Crippen molar-refractivity contribution in [2.24, 2.45) is 10.9 Å². The Balaban J connectivity index is 0.00000420. The summed E-state index contributed by atoms with van der Waals surface area (Å²) in [5.41, 5.74) is -0.443. The third kappa shape index (κ3) is 9.97. The molecule has 1 saturated heterocycles. The van der Waals surface area contributed by atoms with Gasteiger partial charge in [0.2, 0.25) is 0 Å². The Labute approximate surface area is 196 Å². The van der Waals surface area contributed by atoms with E-state index < -0.39 is 5.60 Å². The number of likely N-dealkylation sites (tertiary alicyclic amines) is 1. The number of piperidine rings is 1. The molecule has 0 radical (unpaired) electrons. The number of carbonyl (C=O) groups excluding carboxylic acids is 1. The van der Waals surface area contributed by atoms with Crippen molar-refractivity contribution in [3.8, 4) is 0 Å². The number of nitrogens with one attached hydrogen (secondary N) is 2. The van der Waals surface area contributed by atoms with Crippen LogP contribution in [0.4, 0.5) is 4.79 Å². The highest BCUT2D eigenvalue weighted by molar-refractivity contribution is 14.0. The van der Waals surface area contributed by atoms with Crippen LogP contribution in [0.2, 0.25) is 0 Å². The molecular formula is C20H36IN5O2S. The standard InChI is InChI=1S/C20H35N5O2S.HI/c1-6-21-18(22-10-7-17-23-13-15(2)28-17)24-14-16-8-11-25(12-9-16)19(26)27-20(3,4)5;/h13,16H,6-12,14H2,1-5H3,(H2,21,22,24);1H. The van der Waals surface area contributed by atoms with E-state index in [4.69, 9.17) is 9.73 Å². The van der Waals surface area contributed by atoms with Crippen LogP contribution < -0.4 is 10.6 Å². The van der Waals surface area contributed by atoms with Crippen LogP contribution in [-0.2, 0) is 11.2 Å². The van der Waals surface area contributed by atoms with E-state index in [9.17, 15) is 4.79 Å². The van der Waals surface area contributed by atoms with Crippen LogP contribution in [0, 0.1) is 12.8 Å². The number of halogens is 1. The molecule has 2 rings (SSSR count). The number of rotatable bonds is 6. The maximum absolute atomic E-state index is 12.2. The SMILES string of the molecule is CCNC(=NCC1CCN(C(=O)OC(C)(C)C)CC1)NCCc1ncc(C)s1.I. The normalized spacial score (nSPS) is 15.6. The number of nitrogens with zero attached hydrogens (tertiary/aromatic N) is 3. The van der Waals surface area contributed by atoms with E-state index in [-0.39, 0.29) is 30.1 Å². The van der Waals surface area contributed by atoms with Gasteiger partial charge in [-0.25, -0.2) is 9.78 Å². The quantitative estimate of drug-likeness (QED) is 0.328. The summed E-state index contributed by atoms with van der Waals surface area (Å²) in [6, 6.07) is 0. The van der Waals surface area contributed by atoms with Crippen molar-refractivity contribution < 1.29 is 9.53 Å². The maximum atomic E-state index is 12.2. The molecule has 7 nitrogen and oxygen atoms in total. The van der Waals surface area contributed by atoms with Gasteiger partial charge in [-0.3, -0.25) is 4.99 Å². The van der Waals surface area contributed by atoms with E-state index >= 15 is 0 Å². The maximum Gasteiger partial charge on any atom is 0.410 e. The van der Waals surface area contributed by atoms with Gasteiger partial charge in [0.1, 0.15) is 5.60 Å². The molecule has 0 atom stereocenters. The second-order valence-corrected chi connectivity index (χ2v) is 9.49. The summed E-state index contributed by atoms with van der Waals surface area (Å²) < 4.78 is 5.46. The monoisotopic (exact) mass is 537 g/mol. The Hall–Kier alpha value is -1.10. The number of hydrogen-bond donors (Lipinski definition) is 2. The molecular weight excluding hydrogens is 501 g/mol. The number of aromatic nitrogens is 1. The number of aryl methyl sites for hydroxylation is 1. The van der Waals surface area contributed by atoms with E-state index in [0.29, 0.717) is 5.92 Å². The zero-order valence-corrected chi connectivity index (χ0v) is 21.4. The van der Waals surface area contributed by atoms with Crippen LogP contribution in [-0.4, -0.2) is 60.3 Å². The predicted molar refractivity (Wildman–Crippen MR) is 130 cm³/mol. The second-order valence-electron chi connectivity index (χ2n) is 8.17. The van der Waals surface area contributed by atoms with Crippen LogP contribution in [0.1, 0.15) is 50.4 Å². The third-order valence-electron chi connectivity index (χ3n) is 4.42. The number of hydrogen-bond acceptors (Lipinski definition) is 5. The van der Waals surface area contributed by atoms with Crippen molar-refractivity contribution in [2.45, 2.75) is 59.5 Å². The highest BCUT2D eigenvalue weighted by Gasteiger charge is 2.26. The van der Waals surface area contributed by atoms with Gasteiger partial charge in [-0.15, -0.1) is 35.3 Å². The summed E-state index contributed by atoms with van der Waals surface area (Å²) in [5, 5.41) is 7.84. The van der Waals surface area contributed by atoms with E-state index in [0.717, 1.165) is 63.0 Å². The van der Waals surface area contributed by atoms with Crippen LogP contribution in [0.5, 0.6) is 0 Å². The number of carbonyl (C=O) groups is 1. The molecule has 0 unspecified atom stereocenters. The predicted octanol–water partition coefficient (Wildman–Crippen LogP) is 3.81. The van der Waals surface area contributed by atoms with Crippen molar-refractivity contribution in [3.05, 3.63) is 16.1 Å². The Morgan fingerprint density at radius 1 is 1.34 bits per heavy atom. The smallest absolute Gasteiger partial charge is 0.410 e. The number of guanidine groups is 1. The van der Waals surface area contributed by atoms with Gasteiger partial charge in [0.25, 0.3) is 0 Å². The molecule has 0 spiro atoms. The fourth-order valence-corrected chi connectivity index (χ4v) is 3.78. The Bertz CT molecular complexity index is 652. The van der Waals surface area contributed by atoms with E-state index in [1.807, 2.05) is 31.9 Å². The summed E-state index contributed by atoms with van der Waals surface area (Å²) in [6.07, 6.45) is 4.53. The van der Waals surface area contributed by atoms with Crippen molar-refractivity contribution in [1.29, 1.82) is 0 Å². The summed E-state index contributed by atoms with van der Waals surface area (Å²) in [4.78, 5) is 24.4. The molecule has 2 N–H and O–H groups in total. The van der Waals surface area contributed by atoms with Gasteiger partial charge < -0.3 is 20.3 Å². The molecule has 1 aromatic rings. The lowest BCUT2D eigenvalue weighted by molar-refractivity contribution is 0.0187. The molecule has 29 heavy (non-hydrogen) atoms. The Morgan fingerprint density at radius 2 is 2.03 bits per heavy atom. The molecule has 1 aromatic heterocycles. The summed E-state index contributed by atoms with van der Waals surface area (Å²) in [6.45, 7) is 13.7. The van der Waals surface area contributed by atoms with E-state index in [1.165, 1.54) is 4.88 Å². The number of amides is 1. The first-order valence-corrected chi connectivity index (χ1v) is 11.0. The first-order valence-electron chi connectivity index (χ1n) is 10.2. The van der Waals surface area contributed by atoms with Gasteiger partial charge in [0, 0.05) is 50.2 Å². The van der Waals surface area contributed by atoms with Crippen LogP contribution in [0.3, 0.4) is 0 Å². The molecule has 0 aromatic carbocycles. The first kappa shape index (κ1) is 25.9. The second kappa shape index (κ2) is 12.6. The molecule has 1 aliphatic heterocycles. The van der Waals surface area contributed by atoms with Gasteiger partial charge >= 0.3 is 6.09 Å². The van der Waals surface area contributed by atoms with E-state index in [2.05, 4.69) is 29.5 Å². The number of thiazole rings is 1. The van der Waals surface area contributed by atoms with Gasteiger partial charge in [0.15, 0.2) is 5.96 Å². The lowest BCUT2D eigenvalue weighted by Gasteiger charge is -2.33. The molecule has 2 heterocycles. The average molecular weight is 538 g/mol. The molecule has 0 aliphatic carbocycles. The Morgan fingerprint density at radius 3 is 2.59 bits per heavy atom. The van der Waals surface area contributed by atoms with Gasteiger partial charge in [-0.1, -0.05) is 0 Å². The third-order valence-corrected chi connectivity index (χ3v) is 5.39. The highest BCUT2D eigenvalue weighted by Crippen LogP contribution is 2.20. The largest absolute Gasteiger partial charge is 0.444 e. The Kier molecular flexibility index (Phi) is 11.2. The van der Waals surface area contributed by atoms with Crippen LogP contribution in [0.25, 0.3) is 0 Å². The minimum absolute atomic E-state index is 0. The van der Waals surface area contributed by atoms with Gasteiger partial charge in [-0.2, -0.15) is 0 Å². The van der Waals surface area contributed by atoms with Gasteiger partial charge in [-0.05, 0) is 53.4 Å². The van der Waals surface area contributed by atoms with Crippen molar-refractivity contribution in [1.82, 2.24) is 20.5 Å². The number of aliphatic imine (C=N–C) groups is 1. The first-order chi connectivity index (χ1) is 13.3. The molecule has 166 valence electrons. The van der Waals surface area contributed by atoms with E-state index in [1.54, 1.807) is 11.3 Å². The van der Waals surface area contributed by atoms with Crippen molar-refractivity contribution in [2.75, 3.05) is 32.7 Å². The minimum atomic E-state index is -0.443. The molecule has 0 bridgehead atoms. The van der Waals surface area contributed by atoms with Crippen LogP contribution in [0.15, 0.2) is 11.2 Å². The molecule has 9 heteroatoms. The van der Waals surface area contributed by atoms with Crippen LogP contribution >= 0.6 is 35.3 Å². The topological polar surface area (TPSA) is 78.9 Å².